The van der Waals surface area contributed by atoms with E-state index in [1.165, 1.54) is 49.9 Å². The number of nitrogens with one attached hydrogen (secondary N) is 1. The standard InChI is InChI=1S/C32H33N5O/c1-36-20-25-17-23(10-14-29(25)31(36)38)28-6-4-5-24-19-33-32(35-30(24)28)34-26-11-7-21-8-12-27(13-9-22(21)18-26)37-15-2-3-16-37/h4-7,10-11,14,17-19,27H,2-3,8-9,12-13,15-16,20H2,1H3,(H,33,34,35)/t27-/m0/s1. The molecule has 38 heavy (non-hydrogen) atoms. The number of anilines is 2. The van der Waals surface area contributed by atoms with Crippen molar-refractivity contribution in [2.45, 2.75) is 51.1 Å². The van der Waals surface area contributed by atoms with Crippen LogP contribution < -0.4 is 5.32 Å². The molecule has 3 aliphatic rings. The number of carbonyl (C=O) groups is 1. The average molecular weight is 504 g/mol. The number of carbonyl (C=O) groups excluding carboxylic acids is 1. The van der Waals surface area contributed by atoms with Crippen LogP contribution in [0.15, 0.2) is 60.8 Å². The van der Waals surface area contributed by atoms with Crippen LogP contribution in [0.2, 0.25) is 0 Å². The number of aromatic nitrogens is 2. The number of hydrogen-bond donors (Lipinski definition) is 1. The number of fused-ring (bicyclic) bond motifs is 3. The molecule has 2 aliphatic heterocycles. The molecule has 1 atom stereocenters. The number of aryl methyl sites for hydroxylation is 2. The van der Waals surface area contributed by atoms with Crippen molar-refractivity contribution in [1.29, 1.82) is 0 Å². The highest BCUT2D eigenvalue weighted by molar-refractivity contribution is 6.00. The van der Waals surface area contributed by atoms with Crippen LogP contribution >= 0.6 is 0 Å². The van der Waals surface area contributed by atoms with E-state index >= 15 is 0 Å². The van der Waals surface area contributed by atoms with E-state index in [-0.39, 0.29) is 5.91 Å². The Kier molecular flexibility index (Phi) is 5.85. The lowest BCUT2D eigenvalue weighted by Gasteiger charge is -2.25. The Morgan fingerprint density at radius 1 is 0.895 bits per heavy atom. The van der Waals surface area contributed by atoms with E-state index in [9.17, 15) is 4.79 Å². The Morgan fingerprint density at radius 2 is 1.74 bits per heavy atom. The lowest BCUT2D eigenvalue weighted by molar-refractivity contribution is 0.0816. The smallest absolute Gasteiger partial charge is 0.254 e. The molecular formula is C32H33N5O. The van der Waals surface area contributed by atoms with Crippen molar-refractivity contribution in [2.24, 2.45) is 0 Å². The highest BCUT2D eigenvalue weighted by Crippen LogP contribution is 2.33. The molecule has 4 aromatic rings. The first-order valence-electron chi connectivity index (χ1n) is 13.9. The van der Waals surface area contributed by atoms with Gasteiger partial charge in [0.25, 0.3) is 5.91 Å². The van der Waals surface area contributed by atoms with Gasteiger partial charge in [-0.05, 0) is 98.1 Å². The van der Waals surface area contributed by atoms with Gasteiger partial charge in [-0.2, -0.15) is 0 Å². The molecule has 1 aromatic heterocycles. The first-order chi connectivity index (χ1) is 18.6. The number of rotatable bonds is 4. The van der Waals surface area contributed by atoms with Crippen molar-refractivity contribution in [3.63, 3.8) is 0 Å². The molecular weight excluding hydrogens is 470 g/mol. The maximum Gasteiger partial charge on any atom is 0.254 e. The Balaban J connectivity index is 1.16. The monoisotopic (exact) mass is 503 g/mol. The summed E-state index contributed by atoms with van der Waals surface area (Å²) in [7, 11) is 1.85. The summed E-state index contributed by atoms with van der Waals surface area (Å²) in [6.07, 6.45) is 9.41. The van der Waals surface area contributed by atoms with Gasteiger partial charge in [0.15, 0.2) is 0 Å². The van der Waals surface area contributed by atoms with E-state index in [1.807, 2.05) is 37.5 Å². The number of nitrogens with zero attached hydrogens (tertiary/aromatic N) is 4. The second kappa shape index (κ2) is 9.52. The van der Waals surface area contributed by atoms with Crippen LogP contribution in [0, 0.1) is 0 Å². The Morgan fingerprint density at radius 3 is 2.61 bits per heavy atom. The predicted octanol–water partition coefficient (Wildman–Crippen LogP) is 5.97. The van der Waals surface area contributed by atoms with Gasteiger partial charge in [-0.1, -0.05) is 30.3 Å². The average Bonchev–Trinajstić information content (AvgIpc) is 3.51. The van der Waals surface area contributed by atoms with Crippen LogP contribution in [0.4, 0.5) is 11.6 Å². The number of amides is 1. The molecule has 1 amide bonds. The second-order valence-electron chi connectivity index (χ2n) is 11.1. The summed E-state index contributed by atoms with van der Waals surface area (Å²) >= 11 is 0. The summed E-state index contributed by atoms with van der Waals surface area (Å²) < 4.78 is 0. The van der Waals surface area contributed by atoms with E-state index in [0.717, 1.165) is 57.7 Å². The molecule has 0 saturated carbocycles. The molecule has 1 saturated heterocycles. The fraction of sp³-hybridized carbons (Fsp3) is 0.344. The molecule has 0 unspecified atom stereocenters. The third kappa shape index (κ3) is 4.23. The SMILES string of the molecule is CN1Cc2cc(-c3cccc4cnc(Nc5ccc6c(c5)CC[C@@H](N5CCCC5)CC6)nc34)ccc2C1=O. The third-order valence-electron chi connectivity index (χ3n) is 8.62. The quantitative estimate of drug-likeness (QED) is 0.348. The minimum atomic E-state index is 0.0885. The molecule has 7 rings (SSSR count). The fourth-order valence-electron chi connectivity index (χ4n) is 6.55. The van der Waals surface area contributed by atoms with Gasteiger partial charge in [-0.3, -0.25) is 4.79 Å². The molecule has 0 spiro atoms. The minimum Gasteiger partial charge on any atom is -0.337 e. The molecule has 3 heterocycles. The topological polar surface area (TPSA) is 61.4 Å². The number of para-hydroxylation sites is 1. The van der Waals surface area contributed by atoms with Gasteiger partial charge in [0, 0.05) is 48.0 Å². The van der Waals surface area contributed by atoms with Crippen molar-refractivity contribution >= 4 is 28.4 Å². The fourth-order valence-corrected chi connectivity index (χ4v) is 6.55. The van der Waals surface area contributed by atoms with E-state index in [1.54, 1.807) is 4.90 Å². The van der Waals surface area contributed by atoms with Crippen LogP contribution in [-0.4, -0.2) is 51.9 Å². The number of benzene rings is 3. The van der Waals surface area contributed by atoms with Gasteiger partial charge >= 0.3 is 0 Å². The lowest BCUT2D eigenvalue weighted by Crippen LogP contribution is -2.32. The van der Waals surface area contributed by atoms with Crippen molar-refractivity contribution in [3.05, 3.63) is 83.0 Å². The zero-order valence-corrected chi connectivity index (χ0v) is 21.9. The van der Waals surface area contributed by atoms with Crippen LogP contribution in [0.1, 0.15) is 52.7 Å². The first kappa shape index (κ1) is 23.4. The van der Waals surface area contributed by atoms with Gasteiger partial charge in [-0.15, -0.1) is 0 Å². The van der Waals surface area contributed by atoms with Crippen molar-refractivity contribution in [1.82, 2.24) is 19.8 Å². The molecule has 1 aliphatic carbocycles. The highest BCUT2D eigenvalue weighted by Gasteiger charge is 2.26. The molecule has 0 radical (unpaired) electrons. The zero-order chi connectivity index (χ0) is 25.6. The second-order valence-corrected chi connectivity index (χ2v) is 11.1. The van der Waals surface area contributed by atoms with Crippen molar-refractivity contribution in [3.8, 4) is 11.1 Å². The summed E-state index contributed by atoms with van der Waals surface area (Å²) in [4.78, 5) is 26.4. The summed E-state index contributed by atoms with van der Waals surface area (Å²) in [5.41, 5.74) is 8.87. The van der Waals surface area contributed by atoms with E-state index in [2.05, 4.69) is 45.5 Å². The van der Waals surface area contributed by atoms with Gasteiger partial charge in [0.1, 0.15) is 0 Å². The zero-order valence-electron chi connectivity index (χ0n) is 21.9. The van der Waals surface area contributed by atoms with Crippen molar-refractivity contribution in [2.75, 3.05) is 25.5 Å². The molecule has 3 aromatic carbocycles. The van der Waals surface area contributed by atoms with Gasteiger partial charge in [-0.25, -0.2) is 9.97 Å². The van der Waals surface area contributed by atoms with Crippen molar-refractivity contribution < 1.29 is 4.79 Å². The maximum atomic E-state index is 12.4. The van der Waals surface area contributed by atoms with E-state index in [4.69, 9.17) is 4.98 Å². The molecule has 1 fully saturated rings. The molecule has 192 valence electrons. The highest BCUT2D eigenvalue weighted by atomic mass is 16.2. The minimum absolute atomic E-state index is 0.0885. The Bertz CT molecular complexity index is 1540. The van der Waals surface area contributed by atoms with E-state index < -0.39 is 0 Å². The summed E-state index contributed by atoms with van der Waals surface area (Å²) in [5.74, 6) is 0.690. The normalized spacial score (nSPS) is 19.4. The maximum absolute atomic E-state index is 12.4. The summed E-state index contributed by atoms with van der Waals surface area (Å²) in [6, 6.07) is 19.8. The van der Waals surface area contributed by atoms with Gasteiger partial charge in [0.05, 0.1) is 5.52 Å². The number of likely N-dealkylation sites (tertiary alicyclic amines) is 1. The van der Waals surface area contributed by atoms with Gasteiger partial charge in [0.2, 0.25) is 5.95 Å². The van der Waals surface area contributed by atoms with Crippen LogP contribution in [0.25, 0.3) is 22.0 Å². The van der Waals surface area contributed by atoms with Crippen LogP contribution in [0.3, 0.4) is 0 Å². The summed E-state index contributed by atoms with van der Waals surface area (Å²) in [5, 5.41) is 4.48. The third-order valence-corrected chi connectivity index (χ3v) is 8.62. The molecule has 6 heteroatoms. The Labute approximate surface area is 223 Å². The largest absolute Gasteiger partial charge is 0.337 e. The lowest BCUT2D eigenvalue weighted by atomic mass is 9.98. The van der Waals surface area contributed by atoms with Crippen LogP contribution in [-0.2, 0) is 19.4 Å². The first-order valence-corrected chi connectivity index (χ1v) is 13.9. The molecule has 6 nitrogen and oxygen atoms in total. The molecule has 1 N–H and O–H groups in total. The summed E-state index contributed by atoms with van der Waals surface area (Å²) in [6.45, 7) is 3.19. The van der Waals surface area contributed by atoms with Gasteiger partial charge < -0.3 is 15.1 Å². The molecule has 0 bridgehead atoms. The predicted molar refractivity (Wildman–Crippen MR) is 152 cm³/mol. The Hall–Kier alpha value is -3.77. The van der Waals surface area contributed by atoms with Crippen LogP contribution in [0.5, 0.6) is 0 Å². The van der Waals surface area contributed by atoms with E-state index in [0.29, 0.717) is 12.5 Å². The number of hydrogen-bond acceptors (Lipinski definition) is 5.